The van der Waals surface area contributed by atoms with Crippen molar-refractivity contribution in [1.82, 2.24) is 19.7 Å². The van der Waals surface area contributed by atoms with E-state index in [1.165, 1.54) is 27.8 Å². The highest BCUT2D eigenvalue weighted by atomic mass is 35.5. The largest absolute Gasteiger partial charge is 0.339 e. The lowest BCUT2D eigenvalue weighted by Crippen LogP contribution is -2.33. The van der Waals surface area contributed by atoms with Crippen LogP contribution >= 0.6 is 34.7 Å². The SMILES string of the molecule is Cn1[nH]c(=O)c(=O)nc1SCc1cnc(Cl)s1. The Morgan fingerprint density at radius 3 is 3.00 bits per heavy atom. The van der Waals surface area contributed by atoms with E-state index in [-0.39, 0.29) is 0 Å². The van der Waals surface area contributed by atoms with Gasteiger partial charge < -0.3 is 0 Å². The van der Waals surface area contributed by atoms with Gasteiger partial charge in [0.15, 0.2) is 9.62 Å². The molecule has 2 rings (SSSR count). The van der Waals surface area contributed by atoms with Crippen LogP contribution in [0.3, 0.4) is 0 Å². The van der Waals surface area contributed by atoms with Gasteiger partial charge in [0.1, 0.15) is 0 Å². The van der Waals surface area contributed by atoms with Gasteiger partial charge in [-0.1, -0.05) is 23.4 Å². The van der Waals surface area contributed by atoms with Gasteiger partial charge >= 0.3 is 11.1 Å². The smallest absolute Gasteiger partial charge is 0.265 e. The maximum Gasteiger partial charge on any atom is 0.339 e. The third-order valence-corrected chi connectivity index (χ3v) is 4.19. The van der Waals surface area contributed by atoms with Crippen LogP contribution in [0, 0.1) is 0 Å². The van der Waals surface area contributed by atoms with Crippen molar-refractivity contribution >= 4 is 34.7 Å². The molecule has 0 aromatic carbocycles. The first-order valence-electron chi connectivity index (χ1n) is 4.46. The van der Waals surface area contributed by atoms with Crippen LogP contribution in [0.1, 0.15) is 4.88 Å². The monoisotopic (exact) mass is 290 g/mol. The molecule has 0 spiro atoms. The van der Waals surface area contributed by atoms with Crippen molar-refractivity contribution in [2.45, 2.75) is 10.9 Å². The van der Waals surface area contributed by atoms with Gasteiger partial charge in [0.05, 0.1) is 0 Å². The summed E-state index contributed by atoms with van der Waals surface area (Å²) in [6, 6.07) is 0. The summed E-state index contributed by atoms with van der Waals surface area (Å²) in [6.07, 6.45) is 1.67. The highest BCUT2D eigenvalue weighted by Gasteiger charge is 2.06. The molecule has 1 N–H and O–H groups in total. The quantitative estimate of drug-likeness (QED) is 0.670. The molecular weight excluding hydrogens is 284 g/mol. The van der Waals surface area contributed by atoms with Crippen LogP contribution in [0.2, 0.25) is 4.47 Å². The number of aromatic nitrogens is 4. The van der Waals surface area contributed by atoms with Crippen molar-refractivity contribution in [3.8, 4) is 0 Å². The van der Waals surface area contributed by atoms with E-state index in [4.69, 9.17) is 11.6 Å². The summed E-state index contributed by atoms with van der Waals surface area (Å²) in [5, 5.41) is 2.82. The van der Waals surface area contributed by atoms with Crippen molar-refractivity contribution in [1.29, 1.82) is 0 Å². The first-order valence-corrected chi connectivity index (χ1v) is 6.64. The number of H-pyrrole nitrogens is 1. The minimum atomic E-state index is -0.784. The summed E-state index contributed by atoms with van der Waals surface area (Å²) < 4.78 is 1.89. The summed E-state index contributed by atoms with van der Waals surface area (Å²) in [5.74, 6) is 0.594. The molecule has 17 heavy (non-hydrogen) atoms. The van der Waals surface area contributed by atoms with Gasteiger partial charge in [-0.2, -0.15) is 4.98 Å². The van der Waals surface area contributed by atoms with E-state index < -0.39 is 11.1 Å². The second-order valence-electron chi connectivity index (χ2n) is 3.07. The van der Waals surface area contributed by atoms with Gasteiger partial charge in [-0.05, 0) is 0 Å². The number of thioether (sulfide) groups is 1. The molecule has 0 aliphatic rings. The highest BCUT2D eigenvalue weighted by Crippen LogP contribution is 2.24. The van der Waals surface area contributed by atoms with E-state index in [0.29, 0.717) is 15.4 Å². The molecule has 9 heteroatoms. The van der Waals surface area contributed by atoms with Crippen molar-refractivity contribution in [3.05, 3.63) is 36.2 Å². The van der Waals surface area contributed by atoms with Crippen LogP contribution in [0.25, 0.3) is 0 Å². The Bertz CT molecular complexity index is 647. The zero-order chi connectivity index (χ0) is 12.4. The van der Waals surface area contributed by atoms with Crippen molar-refractivity contribution in [3.63, 3.8) is 0 Å². The number of rotatable bonds is 3. The Balaban J connectivity index is 2.17. The third kappa shape index (κ3) is 2.96. The number of aryl methyl sites for hydroxylation is 1. The number of thiazole rings is 1. The first-order chi connectivity index (χ1) is 8.06. The third-order valence-electron chi connectivity index (χ3n) is 1.82. The van der Waals surface area contributed by atoms with Crippen LogP contribution in [0.15, 0.2) is 20.9 Å². The van der Waals surface area contributed by atoms with Crippen LogP contribution in [0.4, 0.5) is 0 Å². The van der Waals surface area contributed by atoms with Crippen LogP contribution in [-0.4, -0.2) is 19.7 Å². The van der Waals surface area contributed by atoms with Crippen LogP contribution < -0.4 is 11.1 Å². The maximum absolute atomic E-state index is 11.1. The molecule has 0 unspecified atom stereocenters. The Morgan fingerprint density at radius 1 is 1.59 bits per heavy atom. The summed E-state index contributed by atoms with van der Waals surface area (Å²) in [7, 11) is 1.62. The lowest BCUT2D eigenvalue weighted by atomic mass is 10.6. The van der Waals surface area contributed by atoms with Gasteiger partial charge in [-0.25, -0.2) is 4.98 Å². The lowest BCUT2D eigenvalue weighted by molar-refractivity contribution is 0.596. The first kappa shape index (κ1) is 12.3. The fraction of sp³-hybridized carbons (Fsp3) is 0.250. The van der Waals surface area contributed by atoms with Crippen molar-refractivity contribution in [2.24, 2.45) is 7.05 Å². The molecule has 0 fully saturated rings. The summed E-state index contributed by atoms with van der Waals surface area (Å²) in [4.78, 5) is 30.6. The number of halogens is 1. The summed E-state index contributed by atoms with van der Waals surface area (Å²) in [6.45, 7) is 0. The zero-order valence-corrected chi connectivity index (χ0v) is 11.0. The van der Waals surface area contributed by atoms with Gasteiger partial charge in [-0.3, -0.25) is 19.4 Å². The van der Waals surface area contributed by atoms with E-state index in [2.05, 4.69) is 15.1 Å². The average molecular weight is 291 g/mol. The van der Waals surface area contributed by atoms with Crippen LogP contribution in [-0.2, 0) is 12.8 Å². The molecule has 0 aliphatic carbocycles. The highest BCUT2D eigenvalue weighted by molar-refractivity contribution is 7.98. The predicted octanol–water partition coefficient (Wildman–Crippen LogP) is 0.871. The number of hydrogen-bond acceptors (Lipinski definition) is 6. The molecule has 0 aliphatic heterocycles. The average Bonchev–Trinajstić information content (AvgIpc) is 2.68. The molecule has 0 saturated heterocycles. The molecule has 0 bridgehead atoms. The van der Waals surface area contributed by atoms with Gasteiger partial charge in [-0.15, -0.1) is 11.3 Å². The summed E-state index contributed by atoms with van der Waals surface area (Å²) >= 11 is 8.40. The second kappa shape index (κ2) is 5.03. The number of hydrogen-bond donors (Lipinski definition) is 1. The van der Waals surface area contributed by atoms with E-state index in [0.717, 1.165) is 4.88 Å². The normalized spacial score (nSPS) is 10.7. The Hall–Kier alpha value is -1.12. The van der Waals surface area contributed by atoms with Crippen molar-refractivity contribution in [2.75, 3.05) is 0 Å². The number of nitrogens with zero attached hydrogens (tertiary/aromatic N) is 3. The van der Waals surface area contributed by atoms with E-state index in [1.807, 2.05) is 0 Å². The Kier molecular flexibility index (Phi) is 3.65. The van der Waals surface area contributed by atoms with Gasteiger partial charge in [0.2, 0.25) is 0 Å². The number of aromatic amines is 1. The van der Waals surface area contributed by atoms with E-state index in [9.17, 15) is 9.59 Å². The van der Waals surface area contributed by atoms with E-state index in [1.54, 1.807) is 13.2 Å². The Morgan fingerprint density at radius 2 is 2.35 bits per heavy atom. The van der Waals surface area contributed by atoms with Gasteiger partial charge in [0, 0.05) is 23.9 Å². The summed E-state index contributed by atoms with van der Waals surface area (Å²) in [5.41, 5.74) is -1.51. The molecule has 0 saturated carbocycles. The lowest BCUT2D eigenvalue weighted by Gasteiger charge is -2.03. The second-order valence-corrected chi connectivity index (χ2v) is 5.71. The van der Waals surface area contributed by atoms with Gasteiger partial charge in [0.25, 0.3) is 0 Å². The molecule has 0 radical (unpaired) electrons. The van der Waals surface area contributed by atoms with Crippen molar-refractivity contribution < 1.29 is 0 Å². The molecule has 6 nitrogen and oxygen atoms in total. The molecule has 2 heterocycles. The zero-order valence-electron chi connectivity index (χ0n) is 8.64. The minimum Gasteiger partial charge on any atom is -0.265 e. The molecular formula is C8H7ClN4O2S2. The Labute approximate surface area is 109 Å². The predicted molar refractivity (Wildman–Crippen MR) is 66.8 cm³/mol. The molecule has 90 valence electrons. The molecule has 2 aromatic heterocycles. The molecule has 2 aromatic rings. The standard InChI is InChI=1S/C8H7ClN4O2S2/c1-13-8(11-5(14)6(15)12-13)16-3-4-2-10-7(9)17-4/h2H,3H2,1H3,(H,12,15). The molecule has 0 atom stereocenters. The van der Waals surface area contributed by atoms with E-state index >= 15 is 0 Å². The minimum absolute atomic E-state index is 0.444. The molecule has 0 amide bonds. The number of nitrogens with one attached hydrogen (secondary N) is 1. The van der Waals surface area contributed by atoms with Crippen LogP contribution in [0.5, 0.6) is 0 Å². The topological polar surface area (TPSA) is 80.6 Å². The fourth-order valence-corrected chi connectivity index (χ4v) is 2.99. The fourth-order valence-electron chi connectivity index (χ4n) is 1.08. The maximum atomic E-state index is 11.1.